The number of nitrogens with one attached hydrogen (secondary N) is 1. The molecule has 1 aromatic heterocycles. The number of aryl methyl sites for hydroxylation is 2. The number of nitrogens with zero attached hydrogens (tertiary/aromatic N) is 3. The fourth-order valence-electron chi connectivity index (χ4n) is 2.23. The Kier molecular flexibility index (Phi) is 3.66. The molecule has 0 radical (unpaired) electrons. The monoisotopic (exact) mass is 236 g/mol. The molecule has 0 unspecified atom stereocenters. The van der Waals surface area contributed by atoms with E-state index in [1.54, 1.807) is 4.68 Å². The van der Waals surface area contributed by atoms with E-state index in [9.17, 15) is 4.79 Å². The lowest BCUT2D eigenvalue weighted by molar-refractivity contribution is 0.208. The molecular weight excluding hydrogens is 216 g/mol. The second-order valence-corrected chi connectivity index (χ2v) is 4.48. The van der Waals surface area contributed by atoms with Gasteiger partial charge in [0.1, 0.15) is 0 Å². The average Bonchev–Trinajstić information content (AvgIpc) is 2.94. The first-order chi connectivity index (χ1) is 8.20. The van der Waals surface area contributed by atoms with Gasteiger partial charge in [-0.1, -0.05) is 6.92 Å². The average molecular weight is 236 g/mol. The van der Waals surface area contributed by atoms with Crippen LogP contribution in [0.4, 0.5) is 4.79 Å². The molecule has 0 saturated carbocycles. The van der Waals surface area contributed by atoms with Crippen LogP contribution in [0, 0.1) is 0 Å². The molecule has 0 aromatic carbocycles. The summed E-state index contributed by atoms with van der Waals surface area (Å²) in [6, 6.07) is 0.0495. The molecule has 0 bridgehead atoms. The van der Waals surface area contributed by atoms with Crippen LogP contribution in [0.1, 0.15) is 31.0 Å². The predicted octanol–water partition coefficient (Wildman–Crippen LogP) is 1.29. The zero-order valence-electron chi connectivity index (χ0n) is 10.6. The smallest absolute Gasteiger partial charge is 0.317 e. The Labute approximate surface area is 102 Å². The SMILES string of the molecule is CCc1nn(C)cc1CNC(=O)N1CCCC1. The summed E-state index contributed by atoms with van der Waals surface area (Å²) < 4.78 is 1.80. The second-order valence-electron chi connectivity index (χ2n) is 4.48. The molecule has 1 N–H and O–H groups in total. The zero-order chi connectivity index (χ0) is 12.3. The molecule has 1 aromatic rings. The van der Waals surface area contributed by atoms with Gasteiger partial charge in [0.15, 0.2) is 0 Å². The van der Waals surface area contributed by atoms with Crippen molar-refractivity contribution in [1.29, 1.82) is 0 Å². The van der Waals surface area contributed by atoms with E-state index >= 15 is 0 Å². The number of hydrogen-bond donors (Lipinski definition) is 1. The topological polar surface area (TPSA) is 50.2 Å². The molecule has 0 spiro atoms. The van der Waals surface area contributed by atoms with Crippen molar-refractivity contribution < 1.29 is 4.79 Å². The Morgan fingerprint density at radius 1 is 1.47 bits per heavy atom. The number of carbonyl (C=O) groups excluding carboxylic acids is 1. The van der Waals surface area contributed by atoms with E-state index < -0.39 is 0 Å². The molecule has 1 fully saturated rings. The molecule has 2 amide bonds. The van der Waals surface area contributed by atoms with Gasteiger partial charge in [-0.3, -0.25) is 4.68 Å². The van der Waals surface area contributed by atoms with Crippen molar-refractivity contribution in [2.24, 2.45) is 7.05 Å². The van der Waals surface area contributed by atoms with Crippen molar-refractivity contribution in [2.45, 2.75) is 32.7 Å². The highest BCUT2D eigenvalue weighted by Gasteiger charge is 2.17. The lowest BCUT2D eigenvalue weighted by atomic mass is 10.2. The molecule has 2 heterocycles. The second kappa shape index (κ2) is 5.21. The number of likely N-dealkylation sites (tertiary alicyclic amines) is 1. The van der Waals surface area contributed by atoms with Crippen molar-refractivity contribution in [3.8, 4) is 0 Å². The summed E-state index contributed by atoms with van der Waals surface area (Å²) in [5.41, 5.74) is 2.18. The summed E-state index contributed by atoms with van der Waals surface area (Å²) in [5.74, 6) is 0. The quantitative estimate of drug-likeness (QED) is 0.859. The van der Waals surface area contributed by atoms with E-state index in [-0.39, 0.29) is 6.03 Å². The standard InChI is InChI=1S/C12H20N4O/c1-3-11-10(9-15(2)14-11)8-13-12(17)16-6-4-5-7-16/h9H,3-8H2,1-2H3,(H,13,17). The molecule has 1 aliphatic rings. The normalized spacial score (nSPS) is 15.3. The Balaban J connectivity index is 1.90. The third-order valence-corrected chi connectivity index (χ3v) is 3.15. The third-order valence-electron chi connectivity index (χ3n) is 3.15. The van der Waals surface area contributed by atoms with Gasteiger partial charge in [0.25, 0.3) is 0 Å². The van der Waals surface area contributed by atoms with Crippen LogP contribution < -0.4 is 5.32 Å². The van der Waals surface area contributed by atoms with Crippen LogP contribution in [-0.2, 0) is 20.0 Å². The summed E-state index contributed by atoms with van der Waals surface area (Å²) in [6.45, 7) is 4.43. The van der Waals surface area contributed by atoms with E-state index in [1.165, 1.54) is 0 Å². The lowest BCUT2D eigenvalue weighted by Crippen LogP contribution is -2.37. The fraction of sp³-hybridized carbons (Fsp3) is 0.667. The molecule has 2 rings (SSSR count). The van der Waals surface area contributed by atoms with Gasteiger partial charge in [-0.05, 0) is 19.3 Å². The Morgan fingerprint density at radius 2 is 2.18 bits per heavy atom. The first kappa shape index (κ1) is 12.0. The molecule has 0 aliphatic carbocycles. The van der Waals surface area contributed by atoms with Gasteiger partial charge in [0, 0.05) is 38.4 Å². The Morgan fingerprint density at radius 3 is 2.82 bits per heavy atom. The number of carbonyl (C=O) groups is 1. The van der Waals surface area contributed by atoms with Gasteiger partial charge in [0.2, 0.25) is 0 Å². The number of hydrogen-bond acceptors (Lipinski definition) is 2. The molecule has 94 valence electrons. The Hall–Kier alpha value is -1.52. The minimum absolute atomic E-state index is 0.0495. The number of aromatic nitrogens is 2. The van der Waals surface area contributed by atoms with Crippen LogP contribution in [0.5, 0.6) is 0 Å². The van der Waals surface area contributed by atoms with Crippen molar-refractivity contribution in [2.75, 3.05) is 13.1 Å². The molecule has 0 atom stereocenters. The summed E-state index contributed by atoms with van der Waals surface area (Å²) in [5, 5.41) is 7.32. The summed E-state index contributed by atoms with van der Waals surface area (Å²) in [6.07, 6.45) is 5.12. The molecule has 17 heavy (non-hydrogen) atoms. The molecule has 5 heteroatoms. The van der Waals surface area contributed by atoms with E-state index in [0.29, 0.717) is 6.54 Å². The van der Waals surface area contributed by atoms with Crippen molar-refractivity contribution in [1.82, 2.24) is 20.0 Å². The van der Waals surface area contributed by atoms with Crippen LogP contribution in [0.15, 0.2) is 6.20 Å². The van der Waals surface area contributed by atoms with Crippen molar-refractivity contribution in [3.05, 3.63) is 17.5 Å². The summed E-state index contributed by atoms with van der Waals surface area (Å²) in [4.78, 5) is 13.7. The molecule has 1 saturated heterocycles. The molecule has 1 aliphatic heterocycles. The number of rotatable bonds is 3. The van der Waals surface area contributed by atoms with E-state index in [1.807, 2.05) is 18.1 Å². The summed E-state index contributed by atoms with van der Waals surface area (Å²) >= 11 is 0. The summed E-state index contributed by atoms with van der Waals surface area (Å²) in [7, 11) is 1.91. The van der Waals surface area contributed by atoms with Gasteiger partial charge in [-0.15, -0.1) is 0 Å². The van der Waals surface area contributed by atoms with E-state index in [4.69, 9.17) is 0 Å². The first-order valence-electron chi connectivity index (χ1n) is 6.25. The van der Waals surface area contributed by atoms with Crippen LogP contribution in [0.25, 0.3) is 0 Å². The van der Waals surface area contributed by atoms with Gasteiger partial charge in [-0.25, -0.2) is 4.79 Å². The number of amides is 2. The highest BCUT2D eigenvalue weighted by Crippen LogP contribution is 2.09. The van der Waals surface area contributed by atoms with E-state index in [0.717, 1.165) is 43.6 Å². The van der Waals surface area contributed by atoms with Crippen molar-refractivity contribution >= 4 is 6.03 Å². The lowest BCUT2D eigenvalue weighted by Gasteiger charge is -2.15. The number of urea groups is 1. The van der Waals surface area contributed by atoms with E-state index in [2.05, 4.69) is 17.3 Å². The largest absolute Gasteiger partial charge is 0.334 e. The highest BCUT2D eigenvalue weighted by molar-refractivity contribution is 5.74. The van der Waals surface area contributed by atoms with Gasteiger partial charge in [0.05, 0.1) is 5.69 Å². The minimum atomic E-state index is 0.0495. The molecule has 5 nitrogen and oxygen atoms in total. The third kappa shape index (κ3) is 2.78. The molecular formula is C12H20N4O. The van der Waals surface area contributed by atoms with Crippen LogP contribution in [0.2, 0.25) is 0 Å². The minimum Gasteiger partial charge on any atom is -0.334 e. The first-order valence-corrected chi connectivity index (χ1v) is 6.25. The predicted molar refractivity (Wildman–Crippen MR) is 65.6 cm³/mol. The fourth-order valence-corrected chi connectivity index (χ4v) is 2.23. The maximum Gasteiger partial charge on any atom is 0.317 e. The Bertz CT molecular complexity index is 393. The van der Waals surface area contributed by atoms with Crippen LogP contribution in [0.3, 0.4) is 0 Å². The zero-order valence-corrected chi connectivity index (χ0v) is 10.6. The highest BCUT2D eigenvalue weighted by atomic mass is 16.2. The van der Waals surface area contributed by atoms with Gasteiger partial charge < -0.3 is 10.2 Å². The maximum atomic E-state index is 11.8. The van der Waals surface area contributed by atoms with Crippen LogP contribution >= 0.6 is 0 Å². The van der Waals surface area contributed by atoms with Crippen molar-refractivity contribution in [3.63, 3.8) is 0 Å². The maximum absolute atomic E-state index is 11.8. The van der Waals surface area contributed by atoms with Gasteiger partial charge >= 0.3 is 6.03 Å². The van der Waals surface area contributed by atoms with Gasteiger partial charge in [-0.2, -0.15) is 5.10 Å². The van der Waals surface area contributed by atoms with Crippen LogP contribution in [-0.4, -0.2) is 33.8 Å².